The predicted octanol–water partition coefficient (Wildman–Crippen LogP) is 4.54. The van der Waals surface area contributed by atoms with Crippen LogP contribution in [0.1, 0.15) is 38.1 Å². The lowest BCUT2D eigenvalue weighted by Crippen LogP contribution is -2.30. The number of aromatic nitrogens is 3. The number of carbonyl (C=O) groups is 2. The zero-order valence-electron chi connectivity index (χ0n) is 21.1. The molecular formula is C26H34N6O2S. The van der Waals surface area contributed by atoms with E-state index in [0.717, 1.165) is 24.5 Å². The van der Waals surface area contributed by atoms with E-state index in [2.05, 4.69) is 46.4 Å². The van der Waals surface area contributed by atoms with E-state index in [1.54, 1.807) is 29.2 Å². The zero-order valence-corrected chi connectivity index (χ0v) is 21.9. The Labute approximate surface area is 211 Å². The summed E-state index contributed by atoms with van der Waals surface area (Å²) in [5.41, 5.74) is 3.42. The highest BCUT2D eigenvalue weighted by Gasteiger charge is 2.15. The summed E-state index contributed by atoms with van der Waals surface area (Å²) < 4.78 is 1.90. The second-order valence-electron chi connectivity index (χ2n) is 7.98. The lowest BCUT2D eigenvalue weighted by atomic mass is 10.2. The quantitative estimate of drug-likeness (QED) is 0.394. The molecule has 0 fully saturated rings. The molecule has 0 unspecified atom stereocenters. The number of nitrogens with one attached hydrogen (secondary N) is 1. The Morgan fingerprint density at radius 2 is 1.51 bits per heavy atom. The normalized spacial score (nSPS) is 10.8. The lowest BCUT2D eigenvalue weighted by Gasteiger charge is -2.21. The van der Waals surface area contributed by atoms with Gasteiger partial charge in [-0.15, -0.1) is 10.2 Å². The van der Waals surface area contributed by atoms with Crippen LogP contribution in [0.3, 0.4) is 0 Å². The molecule has 0 aliphatic carbocycles. The van der Waals surface area contributed by atoms with Crippen molar-refractivity contribution in [2.75, 3.05) is 42.1 Å². The summed E-state index contributed by atoms with van der Waals surface area (Å²) >= 11 is 1.33. The number of amides is 2. The van der Waals surface area contributed by atoms with Crippen molar-refractivity contribution in [1.82, 2.24) is 19.7 Å². The largest absolute Gasteiger partial charge is 0.372 e. The molecule has 1 N–H and O–H groups in total. The lowest BCUT2D eigenvalue weighted by molar-refractivity contribution is -0.113. The van der Waals surface area contributed by atoms with E-state index >= 15 is 0 Å². The Hall–Kier alpha value is -3.33. The van der Waals surface area contributed by atoms with Crippen molar-refractivity contribution in [2.24, 2.45) is 7.05 Å². The molecule has 0 bridgehead atoms. The van der Waals surface area contributed by atoms with Crippen molar-refractivity contribution in [3.63, 3.8) is 0 Å². The van der Waals surface area contributed by atoms with Gasteiger partial charge in [0.05, 0.1) is 5.75 Å². The molecule has 2 aromatic carbocycles. The predicted molar refractivity (Wildman–Crippen MR) is 143 cm³/mol. The summed E-state index contributed by atoms with van der Waals surface area (Å²) in [5, 5.41) is 12.1. The third-order valence-electron chi connectivity index (χ3n) is 5.89. The van der Waals surface area contributed by atoms with Crippen molar-refractivity contribution >= 4 is 35.0 Å². The first-order valence-electron chi connectivity index (χ1n) is 12.0. The van der Waals surface area contributed by atoms with E-state index in [0.29, 0.717) is 29.5 Å². The summed E-state index contributed by atoms with van der Waals surface area (Å²) in [4.78, 5) is 29.0. The fourth-order valence-electron chi connectivity index (χ4n) is 3.82. The van der Waals surface area contributed by atoms with Gasteiger partial charge in [-0.1, -0.05) is 11.8 Å². The molecule has 186 valence electrons. The maximum Gasteiger partial charge on any atom is 0.253 e. The Balaban J connectivity index is 1.58. The first-order chi connectivity index (χ1) is 16.9. The number of hydrogen-bond acceptors (Lipinski definition) is 6. The van der Waals surface area contributed by atoms with Crippen LogP contribution >= 0.6 is 11.8 Å². The van der Waals surface area contributed by atoms with E-state index in [1.165, 1.54) is 17.4 Å². The number of thioether (sulfide) groups is 1. The Bertz CT molecular complexity index is 1120. The number of rotatable bonds is 11. The van der Waals surface area contributed by atoms with Gasteiger partial charge >= 0.3 is 0 Å². The van der Waals surface area contributed by atoms with Crippen molar-refractivity contribution in [2.45, 2.75) is 32.9 Å². The van der Waals surface area contributed by atoms with E-state index < -0.39 is 0 Å². The number of hydrogen-bond donors (Lipinski definition) is 1. The maximum atomic E-state index is 12.5. The van der Waals surface area contributed by atoms with Crippen molar-refractivity contribution in [3.8, 4) is 11.4 Å². The maximum absolute atomic E-state index is 12.5. The van der Waals surface area contributed by atoms with Crippen LogP contribution < -0.4 is 10.2 Å². The Morgan fingerprint density at radius 3 is 2.09 bits per heavy atom. The third kappa shape index (κ3) is 6.42. The van der Waals surface area contributed by atoms with Crippen LogP contribution in [0.2, 0.25) is 0 Å². The fraction of sp³-hybridized carbons (Fsp3) is 0.385. The van der Waals surface area contributed by atoms with E-state index in [-0.39, 0.29) is 17.6 Å². The summed E-state index contributed by atoms with van der Waals surface area (Å²) in [7, 11) is 1.90. The second kappa shape index (κ2) is 12.4. The van der Waals surface area contributed by atoms with Crippen LogP contribution in [0.5, 0.6) is 0 Å². The van der Waals surface area contributed by atoms with Gasteiger partial charge in [0.25, 0.3) is 5.91 Å². The SMILES string of the molecule is CCN(CC)C(=O)c1ccc(NC(=O)CSc2nnc(-c3ccc(N(CC)CC)cc3)n2C)cc1. The zero-order chi connectivity index (χ0) is 25.4. The summed E-state index contributed by atoms with van der Waals surface area (Å²) in [6, 6.07) is 15.3. The molecular weight excluding hydrogens is 460 g/mol. The molecule has 0 aliphatic rings. The van der Waals surface area contributed by atoms with Crippen LogP contribution in [-0.2, 0) is 11.8 Å². The smallest absolute Gasteiger partial charge is 0.253 e. The van der Waals surface area contributed by atoms with E-state index in [1.807, 2.05) is 37.6 Å². The topological polar surface area (TPSA) is 83.4 Å². The average molecular weight is 495 g/mol. The second-order valence-corrected chi connectivity index (χ2v) is 8.92. The van der Waals surface area contributed by atoms with Crippen LogP contribution in [0.4, 0.5) is 11.4 Å². The molecule has 0 spiro atoms. The molecule has 1 aromatic heterocycles. The molecule has 35 heavy (non-hydrogen) atoms. The highest BCUT2D eigenvalue weighted by Crippen LogP contribution is 2.25. The first-order valence-corrected chi connectivity index (χ1v) is 13.0. The highest BCUT2D eigenvalue weighted by atomic mass is 32.2. The molecule has 2 amide bonds. The van der Waals surface area contributed by atoms with E-state index in [9.17, 15) is 9.59 Å². The van der Waals surface area contributed by atoms with E-state index in [4.69, 9.17) is 0 Å². The third-order valence-corrected chi connectivity index (χ3v) is 6.91. The molecule has 1 heterocycles. The molecule has 0 aliphatic heterocycles. The Kier molecular flexibility index (Phi) is 9.31. The van der Waals surface area contributed by atoms with Crippen LogP contribution in [0.25, 0.3) is 11.4 Å². The monoisotopic (exact) mass is 494 g/mol. The van der Waals surface area contributed by atoms with Crippen molar-refractivity contribution in [1.29, 1.82) is 0 Å². The molecule has 9 heteroatoms. The van der Waals surface area contributed by atoms with Gasteiger partial charge in [0.2, 0.25) is 5.91 Å². The summed E-state index contributed by atoms with van der Waals surface area (Å²) in [5.74, 6) is 0.801. The summed E-state index contributed by atoms with van der Waals surface area (Å²) in [6.45, 7) is 11.4. The van der Waals surface area contributed by atoms with Crippen molar-refractivity contribution in [3.05, 3.63) is 54.1 Å². The van der Waals surface area contributed by atoms with Crippen LogP contribution in [0.15, 0.2) is 53.7 Å². The molecule has 0 radical (unpaired) electrons. The minimum Gasteiger partial charge on any atom is -0.372 e. The molecule has 0 saturated heterocycles. The first kappa shape index (κ1) is 26.3. The Morgan fingerprint density at radius 1 is 0.886 bits per heavy atom. The van der Waals surface area contributed by atoms with Gasteiger partial charge in [0, 0.05) is 55.7 Å². The average Bonchev–Trinajstić information content (AvgIpc) is 3.25. The minimum absolute atomic E-state index is 0.00999. The van der Waals surface area contributed by atoms with Crippen LogP contribution in [-0.4, -0.2) is 63.4 Å². The van der Waals surface area contributed by atoms with Gasteiger partial charge in [-0.3, -0.25) is 9.59 Å². The van der Waals surface area contributed by atoms with Gasteiger partial charge < -0.3 is 19.7 Å². The van der Waals surface area contributed by atoms with Gasteiger partial charge in [-0.2, -0.15) is 0 Å². The minimum atomic E-state index is -0.147. The molecule has 3 rings (SSSR count). The van der Waals surface area contributed by atoms with Crippen LogP contribution in [0, 0.1) is 0 Å². The standard InChI is InChI=1S/C26H34N6O2S/c1-6-31(7-2)22-16-12-19(13-17-22)24-28-29-26(30(24)5)35-18-23(33)27-21-14-10-20(11-15-21)25(34)32(8-3)9-4/h10-17H,6-9,18H2,1-5H3,(H,27,33). The molecule has 0 saturated carbocycles. The molecule has 3 aromatic rings. The molecule has 0 atom stereocenters. The van der Waals surface area contributed by atoms with Gasteiger partial charge in [-0.25, -0.2) is 0 Å². The number of anilines is 2. The number of benzene rings is 2. The van der Waals surface area contributed by atoms with Gasteiger partial charge in [0.15, 0.2) is 11.0 Å². The molecule has 8 nitrogen and oxygen atoms in total. The van der Waals surface area contributed by atoms with Gasteiger partial charge in [0.1, 0.15) is 0 Å². The number of nitrogens with zero attached hydrogens (tertiary/aromatic N) is 5. The fourth-order valence-corrected chi connectivity index (χ4v) is 4.53. The van der Waals surface area contributed by atoms with Gasteiger partial charge in [-0.05, 0) is 76.2 Å². The van der Waals surface area contributed by atoms with Crippen molar-refractivity contribution < 1.29 is 9.59 Å². The number of carbonyl (C=O) groups excluding carboxylic acids is 2. The summed E-state index contributed by atoms with van der Waals surface area (Å²) in [6.07, 6.45) is 0. The highest BCUT2D eigenvalue weighted by molar-refractivity contribution is 7.99.